The molecular weight excluding hydrogens is 445 g/mol. The molecule has 1 aliphatic carbocycles. The molecule has 26 heavy (non-hydrogen) atoms. The molecule has 3 atom stereocenters. The van der Waals surface area contributed by atoms with Crippen molar-refractivity contribution in [3.05, 3.63) is 18.2 Å². The minimum atomic E-state index is 0. The summed E-state index contributed by atoms with van der Waals surface area (Å²) in [5.41, 5.74) is 1.05. The quantitative estimate of drug-likeness (QED) is 0.392. The summed E-state index contributed by atoms with van der Waals surface area (Å²) >= 11 is 0. The molecule has 144 valence electrons. The Morgan fingerprint density at radius 2 is 1.92 bits per heavy atom. The Hall–Kier alpha value is -1.22. The minimum Gasteiger partial charge on any atom is -0.490 e. The smallest absolute Gasteiger partial charge is 0.195 e. The first-order valence-electron chi connectivity index (χ1n) is 9.11. The van der Waals surface area contributed by atoms with E-state index < -0.39 is 0 Å². The number of nitrogens with one attached hydrogen (secondary N) is 2. The predicted octanol–water partition coefficient (Wildman–Crippen LogP) is 3.27. The second-order valence-electron chi connectivity index (χ2n) is 7.60. The van der Waals surface area contributed by atoms with Crippen LogP contribution in [0.15, 0.2) is 23.2 Å². The zero-order valence-electron chi connectivity index (χ0n) is 15.6. The zero-order valence-corrected chi connectivity index (χ0v) is 17.9. The summed E-state index contributed by atoms with van der Waals surface area (Å²) in [6.07, 6.45) is 2.38. The second kappa shape index (κ2) is 7.80. The molecule has 0 bridgehead atoms. The van der Waals surface area contributed by atoms with Crippen LogP contribution in [0.2, 0.25) is 0 Å². The van der Waals surface area contributed by atoms with Gasteiger partial charge in [-0.2, -0.15) is 0 Å². The molecule has 2 heterocycles. The van der Waals surface area contributed by atoms with Gasteiger partial charge >= 0.3 is 0 Å². The summed E-state index contributed by atoms with van der Waals surface area (Å²) in [5, 5.41) is 6.97. The Bertz CT molecular complexity index is 680. The number of ether oxygens (including phenoxy) is 3. The van der Waals surface area contributed by atoms with Crippen molar-refractivity contribution in [1.82, 2.24) is 5.32 Å². The summed E-state index contributed by atoms with van der Waals surface area (Å²) in [7, 11) is 1.80. The van der Waals surface area contributed by atoms with E-state index in [1.165, 1.54) is 0 Å². The highest BCUT2D eigenvalue weighted by atomic mass is 127. The first-order valence-corrected chi connectivity index (χ1v) is 9.11. The molecule has 3 aliphatic rings. The van der Waals surface area contributed by atoms with Crippen molar-refractivity contribution in [3.63, 3.8) is 0 Å². The monoisotopic (exact) mass is 473 g/mol. The summed E-state index contributed by atoms with van der Waals surface area (Å²) in [5.74, 6) is 2.93. The van der Waals surface area contributed by atoms with Gasteiger partial charge < -0.3 is 24.8 Å². The maximum atomic E-state index is 5.87. The van der Waals surface area contributed by atoms with Crippen molar-refractivity contribution in [2.45, 2.75) is 38.8 Å². The van der Waals surface area contributed by atoms with Crippen LogP contribution in [-0.4, -0.2) is 45.0 Å². The molecule has 2 fully saturated rings. The lowest BCUT2D eigenvalue weighted by molar-refractivity contribution is -0.106. The number of rotatable bonds is 2. The molecule has 0 radical (unpaired) electrons. The van der Waals surface area contributed by atoms with Crippen LogP contribution < -0.4 is 20.1 Å². The molecule has 1 saturated heterocycles. The van der Waals surface area contributed by atoms with E-state index in [1.54, 1.807) is 7.05 Å². The summed E-state index contributed by atoms with van der Waals surface area (Å²) < 4.78 is 17.3. The van der Waals surface area contributed by atoms with Gasteiger partial charge in [0.15, 0.2) is 17.5 Å². The number of guanidine groups is 1. The van der Waals surface area contributed by atoms with E-state index in [1.807, 2.05) is 18.2 Å². The van der Waals surface area contributed by atoms with Crippen LogP contribution >= 0.6 is 24.0 Å². The molecule has 3 unspecified atom stereocenters. The van der Waals surface area contributed by atoms with E-state index >= 15 is 0 Å². The van der Waals surface area contributed by atoms with Gasteiger partial charge in [0.05, 0.1) is 19.3 Å². The third-order valence-electron chi connectivity index (χ3n) is 5.63. The lowest BCUT2D eigenvalue weighted by Crippen LogP contribution is -2.67. The highest BCUT2D eigenvalue weighted by Crippen LogP contribution is 2.52. The van der Waals surface area contributed by atoms with Crippen molar-refractivity contribution in [2.75, 3.05) is 32.2 Å². The molecule has 4 rings (SSSR count). The van der Waals surface area contributed by atoms with Gasteiger partial charge in [-0.05, 0) is 18.6 Å². The molecule has 7 heteroatoms. The van der Waals surface area contributed by atoms with Crippen LogP contribution in [0.5, 0.6) is 11.5 Å². The van der Waals surface area contributed by atoms with E-state index in [9.17, 15) is 0 Å². The zero-order chi connectivity index (χ0) is 17.4. The van der Waals surface area contributed by atoms with Crippen LogP contribution in [-0.2, 0) is 4.74 Å². The summed E-state index contributed by atoms with van der Waals surface area (Å²) in [6.45, 7) is 6.77. The van der Waals surface area contributed by atoms with Crippen molar-refractivity contribution in [2.24, 2.45) is 16.3 Å². The normalized spacial score (nSPS) is 28.9. The maximum absolute atomic E-state index is 5.87. The van der Waals surface area contributed by atoms with Crippen LogP contribution in [0.4, 0.5) is 5.69 Å². The maximum Gasteiger partial charge on any atom is 0.195 e. The van der Waals surface area contributed by atoms with E-state index in [4.69, 9.17) is 14.2 Å². The molecule has 1 aromatic carbocycles. The average Bonchev–Trinajstić information content (AvgIpc) is 2.94. The van der Waals surface area contributed by atoms with E-state index in [0.29, 0.717) is 31.3 Å². The Balaban J connectivity index is 0.00000196. The fraction of sp³-hybridized carbons (Fsp3) is 0.632. The number of aliphatic imine (C=N–C) groups is 1. The Morgan fingerprint density at radius 3 is 2.69 bits per heavy atom. The molecule has 0 aromatic heterocycles. The largest absolute Gasteiger partial charge is 0.490 e. The molecule has 0 spiro atoms. The van der Waals surface area contributed by atoms with Gasteiger partial charge in [0, 0.05) is 49.2 Å². The fourth-order valence-corrected chi connectivity index (χ4v) is 4.30. The van der Waals surface area contributed by atoms with Crippen LogP contribution in [0.3, 0.4) is 0 Å². The van der Waals surface area contributed by atoms with Crippen LogP contribution in [0, 0.1) is 11.3 Å². The van der Waals surface area contributed by atoms with Gasteiger partial charge in [-0.25, -0.2) is 0 Å². The SMILES string of the molecule is CN=C(Nc1ccc2c(c1)OCCCO2)NC1C2CCOC2C1(C)C.I. The van der Waals surface area contributed by atoms with Gasteiger partial charge in [0.2, 0.25) is 0 Å². The number of halogens is 1. The van der Waals surface area contributed by atoms with Crippen molar-refractivity contribution >= 4 is 35.6 Å². The van der Waals surface area contributed by atoms with E-state index in [0.717, 1.165) is 42.6 Å². The standard InChI is InChI=1S/C19H27N3O3.HI/c1-19(2)16(13-7-10-25-17(13)19)22-18(20-3)21-12-5-6-14-15(11-12)24-9-4-8-23-14;/h5-6,11,13,16-17H,4,7-10H2,1-3H3,(H2,20,21,22);1H. The topological polar surface area (TPSA) is 64.1 Å². The Kier molecular flexibility index (Phi) is 5.86. The van der Waals surface area contributed by atoms with Gasteiger partial charge in [-0.3, -0.25) is 4.99 Å². The highest BCUT2D eigenvalue weighted by molar-refractivity contribution is 14.0. The van der Waals surface area contributed by atoms with Crippen molar-refractivity contribution in [1.29, 1.82) is 0 Å². The Morgan fingerprint density at radius 1 is 1.15 bits per heavy atom. The number of anilines is 1. The van der Waals surface area contributed by atoms with Crippen LogP contribution in [0.25, 0.3) is 0 Å². The molecular formula is C19H28IN3O3. The average molecular weight is 473 g/mol. The van der Waals surface area contributed by atoms with Gasteiger partial charge in [0.25, 0.3) is 0 Å². The van der Waals surface area contributed by atoms with Crippen molar-refractivity contribution in [3.8, 4) is 11.5 Å². The molecule has 2 N–H and O–H groups in total. The molecule has 1 aromatic rings. The number of fused-ring (bicyclic) bond motifs is 2. The summed E-state index contributed by atoms with van der Waals surface area (Å²) in [6, 6.07) is 6.28. The molecule has 6 nitrogen and oxygen atoms in total. The van der Waals surface area contributed by atoms with Crippen molar-refractivity contribution < 1.29 is 14.2 Å². The minimum absolute atomic E-state index is 0. The highest BCUT2D eigenvalue weighted by Gasteiger charge is 2.59. The Labute approximate surface area is 172 Å². The number of hydrogen-bond donors (Lipinski definition) is 2. The summed E-state index contributed by atoms with van der Waals surface area (Å²) in [4.78, 5) is 4.40. The van der Waals surface area contributed by atoms with Gasteiger partial charge in [-0.1, -0.05) is 13.8 Å². The first-order chi connectivity index (χ1) is 12.1. The third-order valence-corrected chi connectivity index (χ3v) is 5.63. The molecule has 1 saturated carbocycles. The molecule has 2 aliphatic heterocycles. The first kappa shape index (κ1) is 19.5. The number of benzene rings is 1. The van der Waals surface area contributed by atoms with Crippen LogP contribution in [0.1, 0.15) is 26.7 Å². The predicted molar refractivity (Wildman–Crippen MR) is 113 cm³/mol. The van der Waals surface area contributed by atoms with Gasteiger partial charge in [-0.15, -0.1) is 24.0 Å². The van der Waals surface area contributed by atoms with E-state index in [-0.39, 0.29) is 29.4 Å². The van der Waals surface area contributed by atoms with E-state index in [2.05, 4.69) is 29.5 Å². The lowest BCUT2D eigenvalue weighted by Gasteiger charge is -2.54. The third kappa shape index (κ3) is 3.47. The fourth-order valence-electron chi connectivity index (χ4n) is 4.30. The molecule has 0 amide bonds. The number of hydrogen-bond acceptors (Lipinski definition) is 4. The number of nitrogens with zero attached hydrogens (tertiary/aromatic N) is 1. The van der Waals surface area contributed by atoms with Gasteiger partial charge in [0.1, 0.15) is 0 Å². The lowest BCUT2D eigenvalue weighted by atomic mass is 9.57. The second-order valence-corrected chi connectivity index (χ2v) is 7.60.